The fraction of sp³-hybridized carbons (Fsp3) is 0.360. The van der Waals surface area contributed by atoms with Crippen LogP contribution in [0, 0.1) is 13.8 Å². The average Bonchev–Trinajstić information content (AvgIpc) is 3.39. The molecule has 0 bridgehead atoms. The molecular weight excluding hydrogens is 394 g/mol. The van der Waals surface area contributed by atoms with Crippen molar-refractivity contribution in [3.63, 3.8) is 0 Å². The van der Waals surface area contributed by atoms with Gasteiger partial charge in [-0.25, -0.2) is 4.79 Å². The molecule has 1 saturated heterocycles. The van der Waals surface area contributed by atoms with Gasteiger partial charge in [0, 0.05) is 36.2 Å². The quantitative estimate of drug-likeness (QED) is 0.247. The number of carbonyl (C=O) groups is 2. The Bertz CT molecular complexity index is 949. The van der Waals surface area contributed by atoms with Crippen LogP contribution in [-0.4, -0.2) is 42.2 Å². The van der Waals surface area contributed by atoms with Gasteiger partial charge in [0.25, 0.3) is 0 Å². The summed E-state index contributed by atoms with van der Waals surface area (Å²) in [6.07, 6.45) is 6.93. The fourth-order valence-electron chi connectivity index (χ4n) is 3.61. The molecule has 2 aromatic rings. The second-order valence-electron chi connectivity index (χ2n) is 7.56. The molecule has 0 saturated carbocycles. The lowest BCUT2D eigenvalue weighted by atomic mass is 10.1. The first kappa shape index (κ1) is 22.6. The number of benzene rings is 1. The first-order chi connectivity index (χ1) is 15.0. The van der Waals surface area contributed by atoms with E-state index in [4.69, 9.17) is 14.2 Å². The van der Waals surface area contributed by atoms with Crippen molar-refractivity contribution in [2.75, 3.05) is 19.8 Å². The number of ether oxygens (including phenoxy) is 3. The van der Waals surface area contributed by atoms with E-state index in [1.807, 2.05) is 44.2 Å². The number of ketones is 1. The first-order valence-electron chi connectivity index (χ1n) is 10.5. The number of hydrogen-bond donors (Lipinski definition) is 0. The zero-order valence-electron chi connectivity index (χ0n) is 18.1. The molecule has 2 heterocycles. The molecule has 6 heteroatoms. The van der Waals surface area contributed by atoms with E-state index in [0.29, 0.717) is 12.2 Å². The third-order valence-electron chi connectivity index (χ3n) is 5.29. The number of nitrogens with zero attached hydrogens (tertiary/aromatic N) is 1. The van der Waals surface area contributed by atoms with Crippen LogP contribution in [0.2, 0.25) is 0 Å². The maximum absolute atomic E-state index is 12.6. The molecule has 0 aliphatic carbocycles. The van der Waals surface area contributed by atoms with Gasteiger partial charge in [-0.05, 0) is 56.5 Å². The van der Waals surface area contributed by atoms with Gasteiger partial charge in [0.15, 0.2) is 6.61 Å². The van der Waals surface area contributed by atoms with Crippen molar-refractivity contribution in [2.45, 2.75) is 39.3 Å². The van der Waals surface area contributed by atoms with Crippen LogP contribution >= 0.6 is 0 Å². The van der Waals surface area contributed by atoms with E-state index in [0.717, 1.165) is 48.7 Å². The largest absolute Gasteiger partial charge is 0.490 e. The van der Waals surface area contributed by atoms with E-state index < -0.39 is 5.97 Å². The zero-order valence-corrected chi connectivity index (χ0v) is 18.1. The molecular formula is C25H29NO5. The molecule has 6 nitrogen and oxygen atoms in total. The van der Waals surface area contributed by atoms with Crippen LogP contribution in [-0.2, 0) is 20.8 Å². The highest BCUT2D eigenvalue weighted by Crippen LogP contribution is 2.21. The smallest absolute Gasteiger partial charge is 0.331 e. The second kappa shape index (κ2) is 10.8. The minimum absolute atomic E-state index is 0.193. The third kappa shape index (κ3) is 6.18. The van der Waals surface area contributed by atoms with E-state index in [2.05, 4.69) is 11.1 Å². The number of aromatic nitrogens is 1. The Balaban J connectivity index is 1.52. The first-order valence-corrected chi connectivity index (χ1v) is 10.5. The van der Waals surface area contributed by atoms with Gasteiger partial charge in [-0.1, -0.05) is 24.8 Å². The molecule has 1 aromatic heterocycles. The van der Waals surface area contributed by atoms with Crippen LogP contribution < -0.4 is 4.74 Å². The summed E-state index contributed by atoms with van der Waals surface area (Å²) in [7, 11) is 0. The van der Waals surface area contributed by atoms with E-state index in [1.165, 1.54) is 6.08 Å². The van der Waals surface area contributed by atoms with Crippen molar-refractivity contribution < 1.29 is 23.8 Å². The van der Waals surface area contributed by atoms with Gasteiger partial charge < -0.3 is 18.8 Å². The number of carbonyl (C=O) groups excluding carboxylic acids is 2. The molecule has 0 N–H and O–H groups in total. The number of hydrogen-bond acceptors (Lipinski definition) is 5. The van der Waals surface area contributed by atoms with Crippen LogP contribution in [0.5, 0.6) is 5.75 Å². The van der Waals surface area contributed by atoms with Crippen LogP contribution in [0.15, 0.2) is 49.1 Å². The predicted molar refractivity (Wildman–Crippen MR) is 119 cm³/mol. The molecule has 1 unspecified atom stereocenters. The van der Waals surface area contributed by atoms with Gasteiger partial charge in [0.05, 0.1) is 6.10 Å². The standard InChI is InChI=1S/C25H29NO5/c1-4-13-29-21-10-7-20(8-11-21)9-12-25(28)31-17-24(27)23-15-18(2)26(19(23)3)16-22-6-5-14-30-22/h4,7-12,15,22H,1,5-6,13-14,16-17H2,2-3H3/b12-9+. The highest BCUT2D eigenvalue weighted by atomic mass is 16.5. The summed E-state index contributed by atoms with van der Waals surface area (Å²) in [6, 6.07) is 9.13. The SMILES string of the molecule is C=CCOc1ccc(/C=C/C(=O)OCC(=O)c2cc(C)n(CC3CCCO3)c2C)cc1. The van der Waals surface area contributed by atoms with Gasteiger partial charge >= 0.3 is 5.97 Å². The Morgan fingerprint density at radius 3 is 2.71 bits per heavy atom. The summed E-state index contributed by atoms with van der Waals surface area (Å²) in [6.45, 7) is 9.18. The fourth-order valence-corrected chi connectivity index (χ4v) is 3.61. The normalized spacial score (nSPS) is 15.9. The molecule has 1 atom stereocenters. The van der Waals surface area contributed by atoms with Gasteiger partial charge in [0.2, 0.25) is 5.78 Å². The summed E-state index contributed by atoms with van der Waals surface area (Å²) < 4.78 is 18.4. The monoisotopic (exact) mass is 423 g/mol. The molecule has 0 radical (unpaired) electrons. The highest BCUT2D eigenvalue weighted by molar-refractivity contribution is 6.00. The van der Waals surface area contributed by atoms with Gasteiger partial charge in [-0.3, -0.25) is 4.79 Å². The van der Waals surface area contributed by atoms with Gasteiger partial charge in [0.1, 0.15) is 12.4 Å². The van der Waals surface area contributed by atoms with Crippen LogP contribution in [0.1, 0.15) is 40.2 Å². The van der Waals surface area contributed by atoms with E-state index in [9.17, 15) is 9.59 Å². The van der Waals surface area contributed by atoms with Crippen LogP contribution in [0.4, 0.5) is 0 Å². The van der Waals surface area contributed by atoms with Crippen molar-refractivity contribution in [1.82, 2.24) is 4.57 Å². The Labute approximate surface area is 183 Å². The lowest BCUT2D eigenvalue weighted by molar-refractivity contribution is -0.136. The molecule has 31 heavy (non-hydrogen) atoms. The molecule has 1 aromatic carbocycles. The Hall–Kier alpha value is -3.12. The molecule has 164 valence electrons. The summed E-state index contributed by atoms with van der Waals surface area (Å²) in [4.78, 5) is 24.6. The van der Waals surface area contributed by atoms with Gasteiger partial charge in [-0.2, -0.15) is 0 Å². The Morgan fingerprint density at radius 1 is 1.26 bits per heavy atom. The average molecular weight is 424 g/mol. The summed E-state index contributed by atoms with van der Waals surface area (Å²) in [5, 5.41) is 0. The number of rotatable bonds is 10. The van der Waals surface area contributed by atoms with Gasteiger partial charge in [-0.15, -0.1) is 0 Å². The molecule has 3 rings (SSSR count). The maximum Gasteiger partial charge on any atom is 0.331 e. The molecule has 0 amide bonds. The lowest BCUT2D eigenvalue weighted by Gasteiger charge is -2.14. The van der Waals surface area contributed by atoms with E-state index in [1.54, 1.807) is 12.2 Å². The Morgan fingerprint density at radius 2 is 2.03 bits per heavy atom. The molecule has 1 aliphatic rings. The van der Waals surface area contributed by atoms with Crippen molar-refractivity contribution >= 4 is 17.8 Å². The van der Waals surface area contributed by atoms with Crippen molar-refractivity contribution in [3.8, 4) is 5.75 Å². The number of aryl methyl sites for hydroxylation is 1. The zero-order chi connectivity index (χ0) is 22.2. The lowest BCUT2D eigenvalue weighted by Crippen LogP contribution is -2.18. The summed E-state index contributed by atoms with van der Waals surface area (Å²) >= 11 is 0. The summed E-state index contributed by atoms with van der Waals surface area (Å²) in [5.74, 6) is -0.0482. The molecule has 1 fully saturated rings. The van der Waals surface area contributed by atoms with Crippen molar-refractivity contribution in [2.24, 2.45) is 0 Å². The minimum atomic E-state index is -0.562. The predicted octanol–water partition coefficient (Wildman–Crippen LogP) is 4.29. The van der Waals surface area contributed by atoms with E-state index >= 15 is 0 Å². The molecule has 0 spiro atoms. The third-order valence-corrected chi connectivity index (χ3v) is 5.29. The van der Waals surface area contributed by atoms with Crippen LogP contribution in [0.25, 0.3) is 6.08 Å². The van der Waals surface area contributed by atoms with Crippen molar-refractivity contribution in [1.29, 1.82) is 0 Å². The number of Topliss-reactive ketones (excluding diaryl/α,β-unsaturated/α-hetero) is 1. The summed E-state index contributed by atoms with van der Waals surface area (Å²) in [5.41, 5.74) is 3.29. The highest BCUT2D eigenvalue weighted by Gasteiger charge is 2.21. The van der Waals surface area contributed by atoms with Crippen LogP contribution in [0.3, 0.4) is 0 Å². The number of esters is 1. The molecule has 1 aliphatic heterocycles. The topological polar surface area (TPSA) is 66.8 Å². The minimum Gasteiger partial charge on any atom is -0.490 e. The van der Waals surface area contributed by atoms with E-state index in [-0.39, 0.29) is 18.5 Å². The second-order valence-corrected chi connectivity index (χ2v) is 7.56. The van der Waals surface area contributed by atoms with Crippen molar-refractivity contribution in [3.05, 3.63) is 71.6 Å². The Kier molecular flexibility index (Phi) is 7.84. The maximum atomic E-state index is 12.6.